The van der Waals surface area contributed by atoms with E-state index in [0.29, 0.717) is 40.2 Å². The molecule has 3 aromatic carbocycles. The molecule has 0 amide bonds. The number of hydrogen-bond acceptors (Lipinski definition) is 5. The molecular formula is C28H20N2O4. The predicted octanol–water partition coefficient (Wildman–Crippen LogP) is 5.24. The number of rotatable bonds is 7. The summed E-state index contributed by atoms with van der Waals surface area (Å²) in [6, 6.07) is 22.2. The number of para-hydroxylation sites is 1. The largest absolute Gasteiger partial charge is 0.489 e. The molecule has 2 aromatic heterocycles. The minimum atomic E-state index is -0.133. The van der Waals surface area contributed by atoms with Gasteiger partial charge >= 0.3 is 0 Å². The van der Waals surface area contributed by atoms with Crippen molar-refractivity contribution in [3.8, 4) is 40.7 Å². The van der Waals surface area contributed by atoms with Crippen LogP contribution >= 0.6 is 0 Å². The van der Waals surface area contributed by atoms with Gasteiger partial charge in [0.1, 0.15) is 36.6 Å². The Morgan fingerprint density at radius 1 is 0.971 bits per heavy atom. The fourth-order valence-corrected chi connectivity index (χ4v) is 3.60. The summed E-state index contributed by atoms with van der Waals surface area (Å²) in [7, 11) is 0. The first-order valence-corrected chi connectivity index (χ1v) is 10.7. The molecule has 2 heterocycles. The van der Waals surface area contributed by atoms with Crippen molar-refractivity contribution >= 4 is 11.0 Å². The number of hydrogen-bond donors (Lipinski definition) is 0. The Morgan fingerprint density at radius 2 is 1.82 bits per heavy atom. The van der Waals surface area contributed by atoms with Gasteiger partial charge in [-0.2, -0.15) is 5.10 Å². The minimum absolute atomic E-state index is 0.133. The summed E-state index contributed by atoms with van der Waals surface area (Å²) in [6.07, 6.45) is 10.4. The molecular weight excluding hydrogens is 428 g/mol. The van der Waals surface area contributed by atoms with Gasteiger partial charge in [0.05, 0.1) is 22.8 Å². The van der Waals surface area contributed by atoms with Gasteiger partial charge in [0, 0.05) is 17.8 Å². The molecule has 0 saturated heterocycles. The summed E-state index contributed by atoms with van der Waals surface area (Å²) in [5, 5.41) is 4.85. The molecule has 34 heavy (non-hydrogen) atoms. The monoisotopic (exact) mass is 448 g/mol. The lowest BCUT2D eigenvalue weighted by molar-refractivity contribution is 0.306. The van der Waals surface area contributed by atoms with E-state index in [4.69, 9.17) is 20.3 Å². The molecule has 0 aliphatic heterocycles. The van der Waals surface area contributed by atoms with E-state index in [1.54, 1.807) is 41.2 Å². The summed E-state index contributed by atoms with van der Waals surface area (Å²) in [4.78, 5) is 13.1. The Bertz CT molecular complexity index is 1540. The Hall–Kier alpha value is -4.76. The van der Waals surface area contributed by atoms with Crippen LogP contribution in [0.3, 0.4) is 0 Å². The van der Waals surface area contributed by atoms with Gasteiger partial charge < -0.3 is 13.9 Å². The van der Waals surface area contributed by atoms with E-state index in [1.807, 2.05) is 48.7 Å². The Morgan fingerprint density at radius 3 is 2.68 bits per heavy atom. The molecule has 0 aliphatic carbocycles. The van der Waals surface area contributed by atoms with Crippen molar-refractivity contribution < 1.29 is 13.9 Å². The van der Waals surface area contributed by atoms with Crippen LogP contribution in [0.5, 0.6) is 11.5 Å². The standard InChI is InChI=1S/C28H20N2O4/c1-2-13-32-23-10-6-7-21(14-23)26-19-34-27-15-24(11-12-25(27)28(26)31)33-18-20-16-29-30(17-20)22-8-4-3-5-9-22/h1,3-12,14-17,19H,13,18H2. The highest BCUT2D eigenvalue weighted by Gasteiger charge is 2.11. The van der Waals surface area contributed by atoms with Crippen molar-refractivity contribution in [3.63, 3.8) is 0 Å². The van der Waals surface area contributed by atoms with Gasteiger partial charge in [-0.1, -0.05) is 36.3 Å². The molecule has 0 spiro atoms. The fraction of sp³-hybridized carbons (Fsp3) is 0.0714. The van der Waals surface area contributed by atoms with Crippen LogP contribution in [0, 0.1) is 12.3 Å². The highest BCUT2D eigenvalue weighted by Crippen LogP contribution is 2.26. The molecule has 0 aliphatic rings. The van der Waals surface area contributed by atoms with Crippen LogP contribution in [-0.4, -0.2) is 16.4 Å². The lowest BCUT2D eigenvalue weighted by atomic mass is 10.1. The smallest absolute Gasteiger partial charge is 0.200 e. The Balaban J connectivity index is 1.34. The van der Waals surface area contributed by atoms with E-state index in [2.05, 4.69) is 11.0 Å². The topological polar surface area (TPSA) is 66.5 Å². The molecule has 0 radical (unpaired) electrons. The zero-order valence-electron chi connectivity index (χ0n) is 18.2. The van der Waals surface area contributed by atoms with Crippen molar-refractivity contribution in [2.75, 3.05) is 6.61 Å². The van der Waals surface area contributed by atoms with Crippen molar-refractivity contribution in [1.29, 1.82) is 0 Å². The van der Waals surface area contributed by atoms with Gasteiger partial charge in [0.25, 0.3) is 0 Å². The van der Waals surface area contributed by atoms with Gasteiger partial charge in [-0.15, -0.1) is 6.42 Å². The molecule has 0 fully saturated rings. The highest BCUT2D eigenvalue weighted by molar-refractivity contribution is 5.82. The Labute approximate surface area is 196 Å². The second-order valence-corrected chi connectivity index (χ2v) is 7.57. The van der Waals surface area contributed by atoms with Gasteiger partial charge in [-0.05, 0) is 42.0 Å². The maximum atomic E-state index is 13.1. The van der Waals surface area contributed by atoms with E-state index >= 15 is 0 Å². The summed E-state index contributed by atoms with van der Waals surface area (Å²) in [5.41, 5.74) is 3.36. The van der Waals surface area contributed by atoms with Crippen molar-refractivity contribution in [3.05, 3.63) is 107 Å². The quantitative estimate of drug-likeness (QED) is 0.319. The number of aromatic nitrogens is 2. The second kappa shape index (κ2) is 9.39. The average Bonchev–Trinajstić information content (AvgIpc) is 3.36. The first-order valence-electron chi connectivity index (χ1n) is 10.7. The summed E-state index contributed by atoms with van der Waals surface area (Å²) in [5.74, 6) is 3.62. The number of benzene rings is 3. The average molecular weight is 448 g/mol. The number of ether oxygens (including phenoxy) is 2. The van der Waals surface area contributed by atoms with E-state index in [-0.39, 0.29) is 12.0 Å². The molecule has 166 valence electrons. The van der Waals surface area contributed by atoms with Gasteiger partial charge in [0.15, 0.2) is 5.43 Å². The summed E-state index contributed by atoms with van der Waals surface area (Å²) in [6.45, 7) is 0.497. The lowest BCUT2D eigenvalue weighted by Gasteiger charge is -2.08. The van der Waals surface area contributed by atoms with Crippen LogP contribution in [0.1, 0.15) is 5.56 Å². The first kappa shape index (κ1) is 21.1. The van der Waals surface area contributed by atoms with Crippen molar-refractivity contribution in [2.24, 2.45) is 0 Å². The fourth-order valence-electron chi connectivity index (χ4n) is 3.60. The van der Waals surface area contributed by atoms with Crippen LogP contribution in [0.4, 0.5) is 0 Å². The third-order valence-corrected chi connectivity index (χ3v) is 5.28. The summed E-state index contributed by atoms with van der Waals surface area (Å²) < 4.78 is 19.0. The van der Waals surface area contributed by atoms with E-state index in [9.17, 15) is 4.79 Å². The normalized spacial score (nSPS) is 10.7. The minimum Gasteiger partial charge on any atom is -0.489 e. The highest BCUT2D eigenvalue weighted by atomic mass is 16.5. The molecule has 0 atom stereocenters. The molecule has 0 unspecified atom stereocenters. The molecule has 6 heteroatoms. The molecule has 5 rings (SSSR count). The van der Waals surface area contributed by atoms with Crippen molar-refractivity contribution in [1.82, 2.24) is 9.78 Å². The molecule has 5 aromatic rings. The number of terminal acetylenes is 1. The second-order valence-electron chi connectivity index (χ2n) is 7.57. The van der Waals surface area contributed by atoms with E-state index in [0.717, 1.165) is 11.3 Å². The van der Waals surface area contributed by atoms with Gasteiger partial charge in [-0.25, -0.2) is 4.68 Å². The zero-order chi connectivity index (χ0) is 23.3. The van der Waals surface area contributed by atoms with Crippen LogP contribution in [-0.2, 0) is 6.61 Å². The summed E-state index contributed by atoms with van der Waals surface area (Å²) >= 11 is 0. The molecule has 0 saturated carbocycles. The van der Waals surface area contributed by atoms with Crippen LogP contribution < -0.4 is 14.9 Å². The van der Waals surface area contributed by atoms with Crippen LogP contribution in [0.25, 0.3) is 27.8 Å². The van der Waals surface area contributed by atoms with Crippen molar-refractivity contribution in [2.45, 2.75) is 6.61 Å². The third-order valence-electron chi connectivity index (χ3n) is 5.28. The van der Waals surface area contributed by atoms with Gasteiger partial charge in [0.2, 0.25) is 0 Å². The Kier molecular flexibility index (Phi) is 5.83. The molecule has 0 N–H and O–H groups in total. The lowest BCUT2D eigenvalue weighted by Crippen LogP contribution is -2.05. The maximum Gasteiger partial charge on any atom is 0.200 e. The maximum absolute atomic E-state index is 13.1. The SMILES string of the molecule is C#CCOc1cccc(-c2coc3cc(OCc4cnn(-c5ccccc5)c4)ccc3c2=O)c1. The van der Waals surface area contributed by atoms with Crippen LogP contribution in [0.2, 0.25) is 0 Å². The zero-order valence-corrected chi connectivity index (χ0v) is 18.2. The number of fused-ring (bicyclic) bond motifs is 1. The number of nitrogens with zero attached hydrogens (tertiary/aromatic N) is 2. The molecule has 6 nitrogen and oxygen atoms in total. The first-order chi connectivity index (χ1) is 16.7. The predicted molar refractivity (Wildman–Crippen MR) is 130 cm³/mol. The molecule has 0 bridgehead atoms. The van der Waals surface area contributed by atoms with Gasteiger partial charge in [-0.3, -0.25) is 4.79 Å². The third kappa shape index (κ3) is 4.41. The van der Waals surface area contributed by atoms with E-state index < -0.39 is 0 Å². The van der Waals surface area contributed by atoms with Crippen LogP contribution in [0.15, 0.2) is 101 Å². The van der Waals surface area contributed by atoms with E-state index in [1.165, 1.54) is 6.26 Å².